The average Bonchev–Trinajstić information content (AvgIpc) is 3.05. The number of hydrogen-bond acceptors (Lipinski definition) is 4. The lowest BCUT2D eigenvalue weighted by Crippen LogP contribution is -2.50. The molecule has 134 valence electrons. The molecule has 2 unspecified atom stereocenters. The van der Waals surface area contributed by atoms with E-state index >= 15 is 0 Å². The highest BCUT2D eigenvalue weighted by atomic mass is 35.5. The van der Waals surface area contributed by atoms with Crippen molar-refractivity contribution >= 4 is 18.3 Å². The smallest absolute Gasteiger partial charge is 0.263 e. The van der Waals surface area contributed by atoms with Crippen molar-refractivity contribution in [1.29, 1.82) is 0 Å². The molecule has 1 amide bonds. The molecule has 1 aromatic carbocycles. The number of nitrogens with one attached hydrogen (secondary N) is 1. The lowest BCUT2D eigenvalue weighted by molar-refractivity contribution is -0.137. The Morgan fingerprint density at radius 3 is 2.75 bits per heavy atom. The van der Waals surface area contributed by atoms with E-state index < -0.39 is 6.10 Å². The zero-order chi connectivity index (χ0) is 16.2. The van der Waals surface area contributed by atoms with Crippen LogP contribution in [0, 0.1) is 6.92 Å². The van der Waals surface area contributed by atoms with Gasteiger partial charge in [-0.3, -0.25) is 9.69 Å². The molecule has 0 spiro atoms. The van der Waals surface area contributed by atoms with Gasteiger partial charge in [-0.25, -0.2) is 0 Å². The molecule has 0 saturated carbocycles. The highest BCUT2D eigenvalue weighted by Gasteiger charge is 2.33. The summed E-state index contributed by atoms with van der Waals surface area (Å²) in [4.78, 5) is 17.1. The van der Waals surface area contributed by atoms with E-state index in [1.165, 1.54) is 0 Å². The number of piperazine rings is 1. The number of amides is 1. The molecular formula is C18H28ClN3O2. The molecule has 2 fully saturated rings. The summed E-state index contributed by atoms with van der Waals surface area (Å²) in [6.07, 6.45) is 0.640. The average molecular weight is 354 g/mol. The van der Waals surface area contributed by atoms with Crippen molar-refractivity contribution in [2.24, 2.45) is 0 Å². The largest absolute Gasteiger partial charge is 0.481 e. The van der Waals surface area contributed by atoms with E-state index in [0.29, 0.717) is 6.04 Å². The highest BCUT2D eigenvalue weighted by Crippen LogP contribution is 2.19. The maximum atomic E-state index is 12.6. The second-order valence-corrected chi connectivity index (χ2v) is 6.59. The van der Waals surface area contributed by atoms with Crippen molar-refractivity contribution in [3.05, 3.63) is 29.8 Å². The molecule has 0 aliphatic carbocycles. The van der Waals surface area contributed by atoms with Crippen LogP contribution in [0.5, 0.6) is 5.75 Å². The van der Waals surface area contributed by atoms with Gasteiger partial charge in [0, 0.05) is 45.3 Å². The van der Waals surface area contributed by atoms with Crippen molar-refractivity contribution < 1.29 is 9.53 Å². The quantitative estimate of drug-likeness (QED) is 0.894. The van der Waals surface area contributed by atoms with Gasteiger partial charge in [-0.15, -0.1) is 12.4 Å². The molecule has 2 saturated heterocycles. The molecule has 5 nitrogen and oxygen atoms in total. The van der Waals surface area contributed by atoms with E-state index in [0.717, 1.165) is 57.0 Å². The topological polar surface area (TPSA) is 44.8 Å². The van der Waals surface area contributed by atoms with Crippen molar-refractivity contribution in [3.8, 4) is 5.75 Å². The first-order chi connectivity index (χ1) is 11.1. The lowest BCUT2D eigenvalue weighted by Gasteiger charge is -2.32. The zero-order valence-corrected chi connectivity index (χ0v) is 15.3. The molecule has 2 aliphatic rings. The third-order valence-corrected chi connectivity index (χ3v) is 4.79. The molecule has 2 atom stereocenters. The van der Waals surface area contributed by atoms with E-state index in [9.17, 15) is 4.79 Å². The van der Waals surface area contributed by atoms with Gasteiger partial charge < -0.3 is 15.0 Å². The Balaban J connectivity index is 0.00000208. The van der Waals surface area contributed by atoms with Crippen molar-refractivity contribution in [3.63, 3.8) is 0 Å². The van der Waals surface area contributed by atoms with Gasteiger partial charge in [0.05, 0.1) is 0 Å². The van der Waals surface area contributed by atoms with E-state index in [1.54, 1.807) is 0 Å². The summed E-state index contributed by atoms with van der Waals surface area (Å²) in [5, 5.41) is 3.38. The standard InChI is InChI=1S/C18H27N3O2.ClH/c1-14-4-3-5-17(12-14)23-15(2)18(22)21-9-6-16(13-21)20-10-7-19-8-11-20;/h3-5,12,15-16,19H,6-11,13H2,1-2H3;1H. The summed E-state index contributed by atoms with van der Waals surface area (Å²) in [6, 6.07) is 8.37. The minimum atomic E-state index is -0.432. The van der Waals surface area contributed by atoms with Gasteiger partial charge >= 0.3 is 0 Å². The maximum Gasteiger partial charge on any atom is 0.263 e. The minimum Gasteiger partial charge on any atom is -0.481 e. The van der Waals surface area contributed by atoms with Crippen LogP contribution in [-0.2, 0) is 4.79 Å². The van der Waals surface area contributed by atoms with Crippen molar-refractivity contribution in [2.45, 2.75) is 32.4 Å². The SMILES string of the molecule is Cc1cccc(OC(C)C(=O)N2CCC(N3CCNCC3)C2)c1.Cl. The summed E-state index contributed by atoms with van der Waals surface area (Å²) < 4.78 is 5.84. The number of carbonyl (C=O) groups excluding carboxylic acids is 1. The third kappa shape index (κ3) is 4.62. The van der Waals surface area contributed by atoms with Gasteiger partial charge in [0.15, 0.2) is 6.10 Å². The van der Waals surface area contributed by atoms with Crippen LogP contribution in [0.3, 0.4) is 0 Å². The van der Waals surface area contributed by atoms with Gasteiger partial charge in [0.1, 0.15) is 5.75 Å². The molecular weight excluding hydrogens is 326 g/mol. The van der Waals surface area contributed by atoms with Gasteiger partial charge in [-0.2, -0.15) is 0 Å². The Bertz CT molecular complexity index is 549. The van der Waals surface area contributed by atoms with Crippen molar-refractivity contribution in [2.75, 3.05) is 39.3 Å². The van der Waals surface area contributed by atoms with E-state index in [2.05, 4.69) is 10.2 Å². The normalized spacial score (nSPS) is 22.8. The monoisotopic (exact) mass is 353 g/mol. The molecule has 1 aromatic rings. The number of likely N-dealkylation sites (tertiary alicyclic amines) is 1. The first kappa shape index (κ1) is 19.0. The summed E-state index contributed by atoms with van der Waals surface area (Å²) in [5.41, 5.74) is 1.14. The number of rotatable bonds is 4. The number of carbonyl (C=O) groups is 1. The number of aryl methyl sites for hydroxylation is 1. The zero-order valence-electron chi connectivity index (χ0n) is 14.5. The Kier molecular flexibility index (Phi) is 6.90. The fraction of sp³-hybridized carbons (Fsp3) is 0.611. The Morgan fingerprint density at radius 1 is 1.29 bits per heavy atom. The van der Waals surface area contributed by atoms with Crippen LogP contribution in [0.15, 0.2) is 24.3 Å². The van der Waals surface area contributed by atoms with Crippen LogP contribution >= 0.6 is 12.4 Å². The van der Waals surface area contributed by atoms with Crippen LogP contribution < -0.4 is 10.1 Å². The molecule has 2 heterocycles. The maximum absolute atomic E-state index is 12.6. The molecule has 6 heteroatoms. The van der Waals surface area contributed by atoms with Crippen LogP contribution in [0.2, 0.25) is 0 Å². The van der Waals surface area contributed by atoms with E-state index in [1.807, 2.05) is 43.0 Å². The molecule has 3 rings (SSSR count). The molecule has 0 bridgehead atoms. The van der Waals surface area contributed by atoms with Gasteiger partial charge in [0.25, 0.3) is 5.91 Å². The van der Waals surface area contributed by atoms with Gasteiger partial charge in [-0.1, -0.05) is 12.1 Å². The lowest BCUT2D eigenvalue weighted by atomic mass is 10.2. The first-order valence-electron chi connectivity index (χ1n) is 8.60. The molecule has 0 radical (unpaired) electrons. The molecule has 24 heavy (non-hydrogen) atoms. The minimum absolute atomic E-state index is 0. The fourth-order valence-electron chi connectivity index (χ4n) is 3.49. The van der Waals surface area contributed by atoms with Crippen LogP contribution in [0.25, 0.3) is 0 Å². The second-order valence-electron chi connectivity index (χ2n) is 6.59. The molecule has 0 aromatic heterocycles. The highest BCUT2D eigenvalue weighted by molar-refractivity contribution is 5.85. The number of hydrogen-bond donors (Lipinski definition) is 1. The second kappa shape index (κ2) is 8.70. The predicted molar refractivity (Wildman–Crippen MR) is 97.9 cm³/mol. The molecule has 2 aliphatic heterocycles. The van der Waals surface area contributed by atoms with Crippen LogP contribution in [0.1, 0.15) is 18.9 Å². The first-order valence-corrected chi connectivity index (χ1v) is 8.60. The van der Waals surface area contributed by atoms with E-state index in [4.69, 9.17) is 4.74 Å². The summed E-state index contributed by atoms with van der Waals surface area (Å²) in [5.74, 6) is 0.868. The Morgan fingerprint density at radius 2 is 2.04 bits per heavy atom. The van der Waals surface area contributed by atoms with Gasteiger partial charge in [-0.05, 0) is 38.0 Å². The van der Waals surface area contributed by atoms with Crippen molar-refractivity contribution in [1.82, 2.24) is 15.1 Å². The number of benzene rings is 1. The van der Waals surface area contributed by atoms with Crippen LogP contribution in [0.4, 0.5) is 0 Å². The number of nitrogens with zero attached hydrogens (tertiary/aromatic N) is 2. The van der Waals surface area contributed by atoms with Gasteiger partial charge in [0.2, 0.25) is 0 Å². The predicted octanol–water partition coefficient (Wildman–Crippen LogP) is 1.69. The van der Waals surface area contributed by atoms with E-state index in [-0.39, 0.29) is 18.3 Å². The summed E-state index contributed by atoms with van der Waals surface area (Å²) in [7, 11) is 0. The summed E-state index contributed by atoms with van der Waals surface area (Å²) in [6.45, 7) is 9.83. The van der Waals surface area contributed by atoms with Crippen LogP contribution in [-0.4, -0.2) is 67.1 Å². The molecule has 1 N–H and O–H groups in total. The Hall–Kier alpha value is -1.30. The summed E-state index contributed by atoms with van der Waals surface area (Å²) >= 11 is 0. The number of ether oxygens (including phenoxy) is 1. The third-order valence-electron chi connectivity index (χ3n) is 4.79. The fourth-order valence-corrected chi connectivity index (χ4v) is 3.49. The number of halogens is 1. The Labute approximate surface area is 150 Å².